The quantitative estimate of drug-likeness (QED) is 0.852. The first kappa shape index (κ1) is 15.1. The van der Waals surface area contributed by atoms with E-state index in [-0.39, 0.29) is 5.91 Å². The Morgan fingerprint density at radius 3 is 2.52 bits per heavy atom. The van der Waals surface area contributed by atoms with Crippen molar-refractivity contribution in [2.75, 3.05) is 5.32 Å². The molecule has 0 radical (unpaired) electrons. The smallest absolute Gasteiger partial charge is 0.241 e. The summed E-state index contributed by atoms with van der Waals surface area (Å²) in [5.74, 6) is 1.12. The van der Waals surface area contributed by atoms with Gasteiger partial charge < -0.3 is 15.8 Å². The van der Waals surface area contributed by atoms with Gasteiger partial charge in [0.15, 0.2) is 5.75 Å². The maximum atomic E-state index is 12.0. The van der Waals surface area contributed by atoms with Crippen molar-refractivity contribution < 1.29 is 9.53 Å². The first-order valence-electron chi connectivity index (χ1n) is 7.09. The fourth-order valence-electron chi connectivity index (χ4n) is 1.94. The summed E-state index contributed by atoms with van der Waals surface area (Å²) in [6.45, 7) is 2.00. The van der Waals surface area contributed by atoms with Gasteiger partial charge in [-0.05, 0) is 30.7 Å². The number of hydrogen-bond acceptors (Lipinski definition) is 3. The van der Waals surface area contributed by atoms with Crippen molar-refractivity contribution in [2.24, 2.45) is 5.73 Å². The van der Waals surface area contributed by atoms with Gasteiger partial charge in [0.1, 0.15) is 5.75 Å². The molecule has 1 atom stereocenters. The fourth-order valence-corrected chi connectivity index (χ4v) is 1.94. The topological polar surface area (TPSA) is 64.4 Å². The van der Waals surface area contributed by atoms with Crippen molar-refractivity contribution in [3.05, 3.63) is 54.6 Å². The van der Waals surface area contributed by atoms with Crippen LogP contribution in [0.3, 0.4) is 0 Å². The van der Waals surface area contributed by atoms with Gasteiger partial charge in [0.05, 0.1) is 11.7 Å². The Bertz CT molecular complexity index is 584. The van der Waals surface area contributed by atoms with Crippen LogP contribution in [0.4, 0.5) is 5.69 Å². The van der Waals surface area contributed by atoms with Gasteiger partial charge in [0.25, 0.3) is 0 Å². The zero-order valence-corrected chi connectivity index (χ0v) is 12.1. The van der Waals surface area contributed by atoms with Crippen LogP contribution in [0.1, 0.15) is 19.8 Å². The second-order valence-electron chi connectivity index (χ2n) is 4.80. The van der Waals surface area contributed by atoms with E-state index in [4.69, 9.17) is 10.5 Å². The molecule has 3 N–H and O–H groups in total. The van der Waals surface area contributed by atoms with Crippen LogP contribution in [-0.4, -0.2) is 11.9 Å². The minimum absolute atomic E-state index is 0.194. The predicted molar refractivity (Wildman–Crippen MR) is 84.5 cm³/mol. The van der Waals surface area contributed by atoms with Gasteiger partial charge in [-0.3, -0.25) is 4.79 Å². The van der Waals surface area contributed by atoms with Crippen molar-refractivity contribution in [1.29, 1.82) is 0 Å². The molecule has 21 heavy (non-hydrogen) atoms. The largest absolute Gasteiger partial charge is 0.455 e. The van der Waals surface area contributed by atoms with Crippen LogP contribution in [0, 0.1) is 0 Å². The molecule has 0 unspecified atom stereocenters. The molecule has 0 fully saturated rings. The summed E-state index contributed by atoms with van der Waals surface area (Å²) >= 11 is 0. The van der Waals surface area contributed by atoms with Crippen LogP contribution in [-0.2, 0) is 4.79 Å². The number of para-hydroxylation sites is 3. The second kappa shape index (κ2) is 7.45. The van der Waals surface area contributed by atoms with Crippen LogP contribution >= 0.6 is 0 Å². The van der Waals surface area contributed by atoms with E-state index in [1.807, 2.05) is 55.5 Å². The molecule has 2 rings (SSSR count). The van der Waals surface area contributed by atoms with Gasteiger partial charge in [-0.1, -0.05) is 43.7 Å². The number of carbonyl (C=O) groups excluding carboxylic acids is 1. The Balaban J connectivity index is 2.12. The summed E-state index contributed by atoms with van der Waals surface area (Å²) in [4.78, 5) is 12.0. The van der Waals surface area contributed by atoms with E-state index >= 15 is 0 Å². The normalized spacial score (nSPS) is 11.7. The lowest BCUT2D eigenvalue weighted by molar-refractivity contribution is -0.117. The number of carbonyl (C=O) groups is 1. The second-order valence-corrected chi connectivity index (χ2v) is 4.80. The van der Waals surface area contributed by atoms with E-state index in [1.54, 1.807) is 6.07 Å². The zero-order valence-electron chi connectivity index (χ0n) is 12.1. The Hall–Kier alpha value is -2.33. The van der Waals surface area contributed by atoms with Crippen molar-refractivity contribution in [2.45, 2.75) is 25.8 Å². The van der Waals surface area contributed by atoms with E-state index in [2.05, 4.69) is 5.32 Å². The summed E-state index contributed by atoms with van der Waals surface area (Å²) in [6, 6.07) is 16.3. The third-order valence-electron chi connectivity index (χ3n) is 3.05. The Morgan fingerprint density at radius 1 is 1.14 bits per heavy atom. The van der Waals surface area contributed by atoms with Crippen molar-refractivity contribution in [1.82, 2.24) is 0 Å². The van der Waals surface area contributed by atoms with Gasteiger partial charge in [-0.2, -0.15) is 0 Å². The Morgan fingerprint density at radius 2 is 1.81 bits per heavy atom. The van der Waals surface area contributed by atoms with Crippen molar-refractivity contribution in [3.8, 4) is 11.5 Å². The van der Waals surface area contributed by atoms with Gasteiger partial charge in [0, 0.05) is 0 Å². The summed E-state index contributed by atoms with van der Waals surface area (Å²) in [6.07, 6.45) is 1.53. The van der Waals surface area contributed by atoms with Gasteiger partial charge >= 0.3 is 0 Å². The number of ether oxygens (including phenoxy) is 1. The van der Waals surface area contributed by atoms with Crippen LogP contribution in [0.2, 0.25) is 0 Å². The van der Waals surface area contributed by atoms with Crippen LogP contribution in [0.15, 0.2) is 54.6 Å². The van der Waals surface area contributed by atoms with Crippen LogP contribution in [0.5, 0.6) is 11.5 Å². The molecule has 0 aromatic heterocycles. The molecule has 0 spiro atoms. The molecule has 0 aliphatic heterocycles. The minimum Gasteiger partial charge on any atom is -0.455 e. The maximum Gasteiger partial charge on any atom is 0.241 e. The number of nitrogens with two attached hydrogens (primary N) is 1. The molecule has 110 valence electrons. The standard InChI is InChI=1S/C17H20N2O2/c1-2-8-14(18)17(20)19-15-11-6-7-12-16(15)21-13-9-4-3-5-10-13/h3-7,9-12,14H,2,8,18H2,1H3,(H,19,20)/t14-/m1/s1. The monoisotopic (exact) mass is 284 g/mol. The molecule has 1 amide bonds. The molecular formula is C17H20N2O2. The number of amides is 1. The molecule has 0 bridgehead atoms. The molecule has 0 heterocycles. The number of hydrogen-bond donors (Lipinski definition) is 2. The highest BCUT2D eigenvalue weighted by Crippen LogP contribution is 2.29. The summed E-state index contributed by atoms with van der Waals surface area (Å²) < 4.78 is 5.79. The molecule has 0 aliphatic carbocycles. The third-order valence-corrected chi connectivity index (χ3v) is 3.05. The molecule has 4 nitrogen and oxygen atoms in total. The lowest BCUT2D eigenvalue weighted by Gasteiger charge is -2.14. The van der Waals surface area contributed by atoms with E-state index in [1.165, 1.54) is 0 Å². The SMILES string of the molecule is CCC[C@@H](N)C(=O)Nc1ccccc1Oc1ccccc1. The molecule has 0 saturated carbocycles. The highest BCUT2D eigenvalue weighted by molar-refractivity contribution is 5.95. The molecule has 2 aromatic carbocycles. The highest BCUT2D eigenvalue weighted by Gasteiger charge is 2.14. The predicted octanol–water partition coefficient (Wildman–Crippen LogP) is 3.54. The molecule has 0 aliphatic rings. The average Bonchev–Trinajstić information content (AvgIpc) is 2.50. The van der Waals surface area contributed by atoms with Crippen molar-refractivity contribution in [3.63, 3.8) is 0 Å². The van der Waals surface area contributed by atoms with Crippen molar-refractivity contribution >= 4 is 11.6 Å². The third kappa shape index (κ3) is 4.33. The molecule has 4 heteroatoms. The molecule has 2 aromatic rings. The molecule has 0 saturated heterocycles. The lowest BCUT2D eigenvalue weighted by Crippen LogP contribution is -2.35. The highest BCUT2D eigenvalue weighted by atomic mass is 16.5. The summed E-state index contributed by atoms with van der Waals surface area (Å²) in [5, 5.41) is 2.83. The zero-order chi connectivity index (χ0) is 15.1. The Labute approximate surface area is 124 Å². The number of rotatable bonds is 6. The van der Waals surface area contributed by atoms with Crippen LogP contribution in [0.25, 0.3) is 0 Å². The summed E-state index contributed by atoms with van der Waals surface area (Å²) in [5.41, 5.74) is 6.45. The first-order chi connectivity index (χ1) is 10.2. The molecular weight excluding hydrogens is 264 g/mol. The maximum absolute atomic E-state index is 12.0. The lowest BCUT2D eigenvalue weighted by atomic mass is 10.1. The van der Waals surface area contributed by atoms with Gasteiger partial charge in [0.2, 0.25) is 5.91 Å². The number of anilines is 1. The van der Waals surface area contributed by atoms with E-state index in [0.717, 1.165) is 12.2 Å². The average molecular weight is 284 g/mol. The van der Waals surface area contributed by atoms with Crippen LogP contribution < -0.4 is 15.8 Å². The number of nitrogens with one attached hydrogen (secondary N) is 1. The first-order valence-corrected chi connectivity index (χ1v) is 7.09. The fraction of sp³-hybridized carbons (Fsp3) is 0.235. The summed E-state index contributed by atoms with van der Waals surface area (Å²) in [7, 11) is 0. The van der Waals surface area contributed by atoms with Gasteiger partial charge in [-0.25, -0.2) is 0 Å². The van der Waals surface area contributed by atoms with E-state index in [0.29, 0.717) is 17.9 Å². The number of benzene rings is 2. The minimum atomic E-state index is -0.500. The van der Waals surface area contributed by atoms with E-state index in [9.17, 15) is 4.79 Å². The van der Waals surface area contributed by atoms with Gasteiger partial charge in [-0.15, -0.1) is 0 Å². The van der Waals surface area contributed by atoms with E-state index < -0.39 is 6.04 Å². The Kier molecular flexibility index (Phi) is 5.35.